The van der Waals surface area contributed by atoms with Gasteiger partial charge in [-0.05, 0) is 17.5 Å². The molecule has 0 aliphatic rings. The Morgan fingerprint density at radius 3 is 2.65 bits per heavy atom. The van der Waals surface area contributed by atoms with Crippen LogP contribution in [0.2, 0.25) is 0 Å². The number of rotatable bonds is 6. The summed E-state index contributed by atoms with van der Waals surface area (Å²) in [4.78, 5) is 4.41. The molecule has 0 aliphatic carbocycles. The van der Waals surface area contributed by atoms with E-state index in [4.69, 9.17) is 5.73 Å². The number of aromatic nitrogens is 1. The van der Waals surface area contributed by atoms with Crippen LogP contribution in [0, 0.1) is 0 Å². The van der Waals surface area contributed by atoms with E-state index in [1.165, 1.54) is 5.39 Å². The van der Waals surface area contributed by atoms with E-state index in [0.29, 0.717) is 0 Å². The maximum Gasteiger partial charge on any atom is 0.133 e. The minimum Gasteiger partial charge on any atom is -0.398 e. The number of para-hydroxylation sites is 1. The van der Waals surface area contributed by atoms with E-state index in [9.17, 15) is 0 Å². The van der Waals surface area contributed by atoms with Gasteiger partial charge < -0.3 is 16.4 Å². The van der Waals surface area contributed by atoms with Gasteiger partial charge in [-0.2, -0.15) is 0 Å². The second-order valence-corrected chi connectivity index (χ2v) is 5.30. The topological polar surface area (TPSA) is 63.0 Å². The summed E-state index contributed by atoms with van der Waals surface area (Å²) in [6, 6.07) is 17.9. The molecule has 0 saturated heterocycles. The lowest BCUT2D eigenvalue weighted by molar-refractivity contribution is 0.885. The summed E-state index contributed by atoms with van der Waals surface area (Å²) in [6.45, 7) is 5.52. The summed E-state index contributed by atoms with van der Waals surface area (Å²) in [7, 11) is 0. The van der Waals surface area contributed by atoms with Gasteiger partial charge in [0.25, 0.3) is 0 Å². The van der Waals surface area contributed by atoms with Crippen molar-refractivity contribution in [1.29, 1.82) is 0 Å². The average Bonchev–Trinajstić information content (AvgIpc) is 2.59. The highest BCUT2D eigenvalue weighted by atomic mass is 15.0. The van der Waals surface area contributed by atoms with Crippen LogP contribution in [-0.2, 0) is 0 Å². The van der Waals surface area contributed by atoms with Crippen molar-refractivity contribution in [2.75, 3.05) is 24.1 Å². The fourth-order valence-electron chi connectivity index (χ4n) is 2.52. The molecule has 0 aliphatic heterocycles. The van der Waals surface area contributed by atoms with Crippen LogP contribution in [0.25, 0.3) is 16.5 Å². The molecule has 0 amide bonds. The molecule has 3 aromatic rings. The first-order chi connectivity index (χ1) is 11.3. The van der Waals surface area contributed by atoms with Crippen molar-refractivity contribution in [3.05, 3.63) is 72.9 Å². The molecule has 0 bridgehead atoms. The Labute approximate surface area is 136 Å². The van der Waals surface area contributed by atoms with Gasteiger partial charge in [-0.25, -0.2) is 4.98 Å². The van der Waals surface area contributed by atoms with Crippen LogP contribution in [0.5, 0.6) is 0 Å². The predicted octanol–water partition coefficient (Wildman–Crippen LogP) is 3.49. The van der Waals surface area contributed by atoms with Crippen molar-refractivity contribution in [2.24, 2.45) is 0 Å². The Bertz CT molecular complexity index is 821. The maximum atomic E-state index is 5.95. The molecule has 2 aromatic carbocycles. The third kappa shape index (κ3) is 3.43. The summed E-state index contributed by atoms with van der Waals surface area (Å²) >= 11 is 0. The Balaban J connectivity index is 1.57. The van der Waals surface area contributed by atoms with E-state index in [2.05, 4.69) is 34.3 Å². The van der Waals surface area contributed by atoms with Crippen LogP contribution >= 0.6 is 0 Å². The fourth-order valence-corrected chi connectivity index (χ4v) is 2.52. The van der Waals surface area contributed by atoms with Gasteiger partial charge in [0.2, 0.25) is 0 Å². The lowest BCUT2D eigenvalue weighted by Gasteiger charge is -2.13. The molecule has 0 fully saturated rings. The van der Waals surface area contributed by atoms with Crippen molar-refractivity contribution in [3.8, 4) is 0 Å². The Kier molecular flexibility index (Phi) is 4.43. The average molecular weight is 304 g/mol. The van der Waals surface area contributed by atoms with Crippen molar-refractivity contribution < 1.29 is 0 Å². The number of benzene rings is 2. The quantitative estimate of drug-likeness (QED) is 0.482. The number of nitrogens with one attached hydrogen (secondary N) is 2. The number of nitrogens with two attached hydrogens (primary N) is 1. The second-order valence-electron chi connectivity index (χ2n) is 5.30. The first kappa shape index (κ1) is 14.9. The van der Waals surface area contributed by atoms with Gasteiger partial charge in [0.15, 0.2) is 0 Å². The minimum atomic E-state index is 0.730. The Morgan fingerprint density at radius 2 is 1.78 bits per heavy atom. The van der Waals surface area contributed by atoms with Crippen LogP contribution < -0.4 is 16.4 Å². The molecule has 0 saturated carbocycles. The third-order valence-electron chi connectivity index (χ3n) is 3.72. The minimum absolute atomic E-state index is 0.730. The largest absolute Gasteiger partial charge is 0.398 e. The van der Waals surface area contributed by atoms with E-state index < -0.39 is 0 Å². The lowest BCUT2D eigenvalue weighted by atomic mass is 10.1. The van der Waals surface area contributed by atoms with Crippen molar-refractivity contribution in [2.45, 2.75) is 0 Å². The van der Waals surface area contributed by atoms with Gasteiger partial charge in [-0.3, -0.25) is 0 Å². The smallest absolute Gasteiger partial charge is 0.133 e. The molecule has 3 rings (SSSR count). The number of nitrogen functional groups attached to an aromatic ring is 1. The first-order valence-corrected chi connectivity index (χ1v) is 7.61. The lowest BCUT2D eigenvalue weighted by Crippen LogP contribution is -2.21. The number of hydrogen-bond donors (Lipinski definition) is 3. The van der Waals surface area contributed by atoms with Crippen LogP contribution in [0.1, 0.15) is 5.56 Å². The first-order valence-electron chi connectivity index (χ1n) is 7.61. The molecular formula is C19H20N4. The SMILES string of the molecule is C=C(NCCNc1nccc2ccccc12)c1ccccc1N. The Hall–Kier alpha value is -3.01. The zero-order chi connectivity index (χ0) is 16.1. The van der Waals surface area contributed by atoms with Crippen LogP contribution in [-0.4, -0.2) is 18.1 Å². The maximum absolute atomic E-state index is 5.95. The van der Waals surface area contributed by atoms with Crippen molar-refractivity contribution in [1.82, 2.24) is 10.3 Å². The summed E-state index contributed by atoms with van der Waals surface area (Å²) in [5, 5.41) is 8.96. The third-order valence-corrected chi connectivity index (χ3v) is 3.72. The van der Waals surface area contributed by atoms with Crippen molar-refractivity contribution >= 4 is 28.0 Å². The number of nitrogens with zero attached hydrogens (tertiary/aromatic N) is 1. The molecule has 0 radical (unpaired) electrons. The molecule has 0 atom stereocenters. The van der Waals surface area contributed by atoms with Gasteiger partial charge in [-0.1, -0.05) is 49.0 Å². The molecule has 4 N–H and O–H groups in total. The zero-order valence-corrected chi connectivity index (χ0v) is 12.9. The molecular weight excluding hydrogens is 284 g/mol. The summed E-state index contributed by atoms with van der Waals surface area (Å²) in [5.74, 6) is 0.898. The molecule has 1 heterocycles. The van der Waals surface area contributed by atoms with E-state index >= 15 is 0 Å². The zero-order valence-electron chi connectivity index (χ0n) is 12.9. The van der Waals surface area contributed by atoms with Crippen LogP contribution in [0.4, 0.5) is 11.5 Å². The highest BCUT2D eigenvalue weighted by Crippen LogP contribution is 2.20. The van der Waals surface area contributed by atoms with Gasteiger partial charge in [0.1, 0.15) is 5.82 Å². The molecule has 0 spiro atoms. The van der Waals surface area contributed by atoms with Gasteiger partial charge >= 0.3 is 0 Å². The number of anilines is 2. The van der Waals surface area contributed by atoms with Crippen LogP contribution in [0.3, 0.4) is 0 Å². The summed E-state index contributed by atoms with van der Waals surface area (Å²) in [6.07, 6.45) is 1.82. The van der Waals surface area contributed by atoms with Gasteiger partial charge in [-0.15, -0.1) is 0 Å². The van der Waals surface area contributed by atoms with Crippen LogP contribution in [0.15, 0.2) is 67.4 Å². The number of pyridine rings is 1. The monoisotopic (exact) mass is 304 g/mol. The highest BCUT2D eigenvalue weighted by Gasteiger charge is 2.03. The molecule has 23 heavy (non-hydrogen) atoms. The summed E-state index contributed by atoms with van der Waals surface area (Å²) < 4.78 is 0. The molecule has 1 aromatic heterocycles. The second kappa shape index (κ2) is 6.83. The number of fused-ring (bicyclic) bond motifs is 1. The molecule has 4 nitrogen and oxygen atoms in total. The normalized spacial score (nSPS) is 10.4. The molecule has 0 unspecified atom stereocenters. The fraction of sp³-hybridized carbons (Fsp3) is 0.105. The Morgan fingerprint density at radius 1 is 1.00 bits per heavy atom. The summed E-state index contributed by atoms with van der Waals surface area (Å²) in [5.41, 5.74) is 8.45. The highest BCUT2D eigenvalue weighted by molar-refractivity contribution is 5.91. The molecule has 4 heteroatoms. The molecule has 116 valence electrons. The van der Waals surface area contributed by atoms with E-state index in [0.717, 1.165) is 41.2 Å². The van der Waals surface area contributed by atoms with Gasteiger partial charge in [0.05, 0.1) is 0 Å². The predicted molar refractivity (Wildman–Crippen MR) is 98.1 cm³/mol. The van der Waals surface area contributed by atoms with E-state index in [-0.39, 0.29) is 0 Å². The number of hydrogen-bond acceptors (Lipinski definition) is 4. The van der Waals surface area contributed by atoms with Crippen molar-refractivity contribution in [3.63, 3.8) is 0 Å². The van der Waals surface area contributed by atoms with Gasteiger partial charge in [0, 0.05) is 41.6 Å². The standard InChI is InChI=1S/C19H20N4/c1-14(16-7-4-5-9-18(16)20)21-12-13-23-19-17-8-3-2-6-15(17)10-11-22-19/h2-11,21H,1,12-13,20H2,(H,22,23). The van der Waals surface area contributed by atoms with E-state index in [1.807, 2.05) is 48.7 Å². The van der Waals surface area contributed by atoms with E-state index in [1.54, 1.807) is 0 Å².